The average molecular weight is 257 g/mol. The molecule has 0 aliphatic carbocycles. The van der Waals surface area contributed by atoms with Crippen LogP contribution in [-0.2, 0) is 4.79 Å². The van der Waals surface area contributed by atoms with Gasteiger partial charge in [-0.3, -0.25) is 4.79 Å². The van der Waals surface area contributed by atoms with E-state index in [9.17, 15) is 10.1 Å². The van der Waals surface area contributed by atoms with Gasteiger partial charge in [0.1, 0.15) is 11.6 Å². The van der Waals surface area contributed by atoms with Crippen LogP contribution in [0.25, 0.3) is 0 Å². The Kier molecular flexibility index (Phi) is 3.23. The fraction of sp³-hybridized carbons (Fsp3) is 0.467. The fourth-order valence-electron chi connectivity index (χ4n) is 2.59. The summed E-state index contributed by atoms with van der Waals surface area (Å²) < 4.78 is 0. The summed E-state index contributed by atoms with van der Waals surface area (Å²) in [6.45, 7) is 7.24. The molecule has 1 amide bonds. The van der Waals surface area contributed by atoms with Crippen LogP contribution < -0.4 is 4.90 Å². The Bertz CT molecular complexity index is 557. The summed E-state index contributed by atoms with van der Waals surface area (Å²) in [5, 5.41) is 9.26. The monoisotopic (exact) mass is 257 g/mol. The van der Waals surface area contributed by atoms with Crippen molar-refractivity contribution < 1.29 is 4.79 Å². The maximum absolute atomic E-state index is 12.3. The van der Waals surface area contributed by atoms with E-state index in [2.05, 4.69) is 6.07 Å². The van der Waals surface area contributed by atoms with Crippen LogP contribution in [0.4, 0.5) is 5.69 Å². The van der Waals surface area contributed by atoms with Crippen LogP contribution in [0, 0.1) is 18.3 Å². The molecule has 0 N–H and O–H groups in total. The number of nitrogens with zero attached hydrogens (tertiary/aromatic N) is 3. The minimum Gasteiger partial charge on any atom is -0.355 e. The predicted octanol–water partition coefficient (Wildman–Crippen LogP) is 1.92. The van der Waals surface area contributed by atoms with E-state index in [1.165, 1.54) is 0 Å². The zero-order valence-corrected chi connectivity index (χ0v) is 11.9. The zero-order chi connectivity index (χ0) is 14.2. The number of carbonyl (C=O) groups excluding carboxylic acids is 1. The lowest BCUT2D eigenvalue weighted by Gasteiger charge is -2.46. The molecule has 1 aliphatic rings. The standard InChI is InChI=1S/C15H19N3O/c1-11-5-6-12(10-16)13(9-11)18-8-7-17(4)14(19)15(18,2)3/h5-6,9H,7-8H2,1-4H3. The molecule has 1 heterocycles. The Morgan fingerprint density at radius 2 is 2.00 bits per heavy atom. The maximum Gasteiger partial charge on any atom is 0.247 e. The Morgan fingerprint density at radius 3 is 2.63 bits per heavy atom. The van der Waals surface area contributed by atoms with Gasteiger partial charge in [-0.05, 0) is 38.5 Å². The Morgan fingerprint density at radius 1 is 1.32 bits per heavy atom. The van der Waals surface area contributed by atoms with E-state index in [0.29, 0.717) is 12.1 Å². The second-order valence-corrected chi connectivity index (χ2v) is 5.57. The van der Waals surface area contributed by atoms with E-state index in [0.717, 1.165) is 17.8 Å². The van der Waals surface area contributed by atoms with E-state index in [4.69, 9.17) is 0 Å². The van der Waals surface area contributed by atoms with Gasteiger partial charge in [0, 0.05) is 20.1 Å². The van der Waals surface area contributed by atoms with Gasteiger partial charge >= 0.3 is 0 Å². The van der Waals surface area contributed by atoms with Crippen LogP contribution in [0.2, 0.25) is 0 Å². The van der Waals surface area contributed by atoms with Gasteiger partial charge in [-0.2, -0.15) is 5.26 Å². The van der Waals surface area contributed by atoms with E-state index in [-0.39, 0.29) is 5.91 Å². The lowest BCUT2D eigenvalue weighted by Crippen LogP contribution is -2.62. The van der Waals surface area contributed by atoms with E-state index in [1.54, 1.807) is 4.90 Å². The number of carbonyl (C=O) groups is 1. The smallest absolute Gasteiger partial charge is 0.247 e. The van der Waals surface area contributed by atoms with Crippen LogP contribution in [0.5, 0.6) is 0 Å². The highest BCUT2D eigenvalue weighted by Gasteiger charge is 2.41. The van der Waals surface area contributed by atoms with Crippen molar-refractivity contribution in [2.24, 2.45) is 0 Å². The topological polar surface area (TPSA) is 47.3 Å². The lowest BCUT2D eigenvalue weighted by atomic mass is 9.95. The number of nitriles is 1. The molecule has 0 saturated carbocycles. The number of hydrogen-bond donors (Lipinski definition) is 0. The summed E-state index contributed by atoms with van der Waals surface area (Å²) in [6, 6.07) is 7.95. The minimum absolute atomic E-state index is 0.0872. The summed E-state index contributed by atoms with van der Waals surface area (Å²) in [5.74, 6) is 0.0872. The molecular formula is C15H19N3O. The van der Waals surface area contributed by atoms with Crippen LogP contribution in [0.1, 0.15) is 25.0 Å². The molecule has 19 heavy (non-hydrogen) atoms. The van der Waals surface area contributed by atoms with Crippen molar-refractivity contribution in [2.75, 3.05) is 25.0 Å². The van der Waals surface area contributed by atoms with Crippen molar-refractivity contribution in [3.8, 4) is 6.07 Å². The minimum atomic E-state index is -0.619. The number of piperazine rings is 1. The SMILES string of the molecule is Cc1ccc(C#N)c(N2CCN(C)C(=O)C2(C)C)c1. The van der Waals surface area contributed by atoms with Crippen molar-refractivity contribution in [1.29, 1.82) is 5.26 Å². The van der Waals surface area contributed by atoms with Crippen molar-refractivity contribution in [1.82, 2.24) is 4.90 Å². The predicted molar refractivity (Wildman–Crippen MR) is 75.0 cm³/mol. The fourth-order valence-corrected chi connectivity index (χ4v) is 2.59. The lowest BCUT2D eigenvalue weighted by molar-refractivity contribution is -0.136. The summed E-state index contributed by atoms with van der Waals surface area (Å²) in [7, 11) is 1.82. The molecule has 1 aromatic rings. The van der Waals surface area contributed by atoms with Crippen molar-refractivity contribution >= 4 is 11.6 Å². The Balaban J connectivity index is 2.50. The highest BCUT2D eigenvalue weighted by molar-refractivity contribution is 5.90. The zero-order valence-electron chi connectivity index (χ0n) is 11.9. The van der Waals surface area contributed by atoms with Crippen LogP contribution in [0.15, 0.2) is 18.2 Å². The Hall–Kier alpha value is -2.02. The number of hydrogen-bond acceptors (Lipinski definition) is 3. The second kappa shape index (κ2) is 4.58. The summed E-state index contributed by atoms with van der Waals surface area (Å²) in [6.07, 6.45) is 0. The third-order valence-corrected chi connectivity index (χ3v) is 3.77. The summed E-state index contributed by atoms with van der Waals surface area (Å²) in [4.78, 5) is 16.1. The molecule has 0 atom stereocenters. The molecule has 4 heteroatoms. The average Bonchev–Trinajstić information content (AvgIpc) is 2.36. The van der Waals surface area contributed by atoms with E-state index >= 15 is 0 Å². The number of benzene rings is 1. The molecule has 1 fully saturated rings. The van der Waals surface area contributed by atoms with E-state index in [1.807, 2.05) is 50.9 Å². The molecule has 1 aromatic carbocycles. The third-order valence-electron chi connectivity index (χ3n) is 3.77. The third kappa shape index (κ3) is 2.17. The van der Waals surface area contributed by atoms with Gasteiger partial charge in [-0.15, -0.1) is 0 Å². The number of aryl methyl sites for hydroxylation is 1. The number of anilines is 1. The van der Waals surface area contributed by atoms with Gasteiger partial charge in [-0.25, -0.2) is 0 Å². The molecule has 1 saturated heterocycles. The van der Waals surface area contributed by atoms with Crippen molar-refractivity contribution in [3.05, 3.63) is 29.3 Å². The van der Waals surface area contributed by atoms with Crippen molar-refractivity contribution in [3.63, 3.8) is 0 Å². The molecule has 2 rings (SSSR count). The molecule has 100 valence electrons. The van der Waals surface area contributed by atoms with Crippen LogP contribution in [0.3, 0.4) is 0 Å². The molecule has 0 unspecified atom stereocenters. The first kappa shape index (κ1) is 13.4. The maximum atomic E-state index is 12.3. The molecular weight excluding hydrogens is 238 g/mol. The second-order valence-electron chi connectivity index (χ2n) is 5.57. The van der Waals surface area contributed by atoms with Gasteiger partial charge in [0.05, 0.1) is 11.3 Å². The van der Waals surface area contributed by atoms with Gasteiger partial charge in [0.25, 0.3) is 0 Å². The molecule has 0 aromatic heterocycles. The van der Waals surface area contributed by atoms with Crippen molar-refractivity contribution in [2.45, 2.75) is 26.3 Å². The van der Waals surface area contributed by atoms with Crippen LogP contribution in [-0.4, -0.2) is 36.5 Å². The first-order valence-electron chi connectivity index (χ1n) is 6.42. The summed E-state index contributed by atoms with van der Waals surface area (Å²) in [5.41, 5.74) is 1.95. The number of amides is 1. The van der Waals surface area contributed by atoms with E-state index < -0.39 is 5.54 Å². The first-order valence-corrected chi connectivity index (χ1v) is 6.42. The van der Waals surface area contributed by atoms with Gasteiger partial charge < -0.3 is 9.80 Å². The number of likely N-dealkylation sites (N-methyl/N-ethyl adjacent to an activating group) is 1. The highest BCUT2D eigenvalue weighted by atomic mass is 16.2. The van der Waals surface area contributed by atoms with Gasteiger partial charge in [0.15, 0.2) is 0 Å². The quantitative estimate of drug-likeness (QED) is 0.772. The molecule has 0 bridgehead atoms. The Labute approximate surface area is 114 Å². The first-order chi connectivity index (χ1) is 8.87. The highest BCUT2D eigenvalue weighted by Crippen LogP contribution is 2.31. The van der Waals surface area contributed by atoms with Gasteiger partial charge in [0.2, 0.25) is 5.91 Å². The molecule has 0 radical (unpaired) electrons. The normalized spacial score (nSPS) is 18.4. The molecule has 4 nitrogen and oxygen atoms in total. The molecule has 1 aliphatic heterocycles. The summed E-state index contributed by atoms with van der Waals surface area (Å²) >= 11 is 0. The largest absolute Gasteiger partial charge is 0.355 e. The number of rotatable bonds is 1. The van der Waals surface area contributed by atoms with Gasteiger partial charge in [-0.1, -0.05) is 6.07 Å². The molecule has 0 spiro atoms. The van der Waals surface area contributed by atoms with Crippen LogP contribution >= 0.6 is 0 Å².